The predicted octanol–water partition coefficient (Wildman–Crippen LogP) is -10.0. The quantitative estimate of drug-likeness (QED) is 0.0551. The van der Waals surface area contributed by atoms with Gasteiger partial charge in [0.15, 0.2) is 0 Å². The molecular weight excluding hydrogens is 841 g/mol. The van der Waals surface area contributed by atoms with Crippen LogP contribution in [0.5, 0.6) is 11.5 Å². The van der Waals surface area contributed by atoms with E-state index in [1.165, 1.54) is 0 Å². The van der Waals surface area contributed by atoms with Gasteiger partial charge in [-0.2, -0.15) is 0 Å². The van der Waals surface area contributed by atoms with Gasteiger partial charge in [0.1, 0.15) is 52.0 Å². The fourth-order valence-corrected chi connectivity index (χ4v) is 7.12. The van der Waals surface area contributed by atoms with E-state index in [9.17, 15) is 71.7 Å². The monoisotopic (exact) mass is 864 g/mol. The second-order valence-electron chi connectivity index (χ2n) is 10.8. The van der Waals surface area contributed by atoms with E-state index in [1.54, 1.807) is 0 Å². The van der Waals surface area contributed by atoms with E-state index in [-0.39, 0.29) is 177 Å². The first-order valence-corrected chi connectivity index (χ1v) is 19.6. The van der Waals surface area contributed by atoms with Crippen LogP contribution < -0.4 is 129 Å². The van der Waals surface area contributed by atoms with E-state index < -0.39 is 83.4 Å². The number of hydrogen-bond acceptors (Lipinski definition) is 16. The average molecular weight is 865 g/mol. The van der Waals surface area contributed by atoms with Crippen LogP contribution in [-0.2, 0) is 50.1 Å². The summed E-state index contributed by atoms with van der Waals surface area (Å²) in [7, 11) is -20.4. The summed E-state index contributed by atoms with van der Waals surface area (Å²) in [6.07, 6.45) is 0.848. The Morgan fingerprint density at radius 1 is 0.463 bits per heavy atom. The number of benzene rings is 4. The zero-order valence-electron chi connectivity index (χ0n) is 29.1. The predicted molar refractivity (Wildman–Crippen MR) is 168 cm³/mol. The summed E-state index contributed by atoms with van der Waals surface area (Å²) >= 11 is 0. The van der Waals surface area contributed by atoms with E-state index >= 15 is 0 Å². The third-order valence-electron chi connectivity index (χ3n) is 7.21. The van der Waals surface area contributed by atoms with Crippen molar-refractivity contribution >= 4 is 85.2 Å². The van der Waals surface area contributed by atoms with Gasteiger partial charge in [-0.15, -0.1) is 0 Å². The van der Waals surface area contributed by atoms with Crippen molar-refractivity contribution in [2.45, 2.75) is 58.1 Å². The van der Waals surface area contributed by atoms with Crippen molar-refractivity contribution in [3.8, 4) is 11.5 Å². The van der Waals surface area contributed by atoms with Crippen LogP contribution in [0.25, 0.3) is 21.5 Å². The maximum absolute atomic E-state index is 12.6. The molecular formula is C28H24N2Na4O16S4. The zero-order valence-corrected chi connectivity index (χ0v) is 40.4. The van der Waals surface area contributed by atoms with Gasteiger partial charge in [-0.3, -0.25) is 9.59 Å². The molecule has 0 aromatic heterocycles. The Bertz CT molecular complexity index is 2330. The first-order valence-electron chi connectivity index (χ1n) is 14.0. The van der Waals surface area contributed by atoms with Crippen LogP contribution in [0.15, 0.2) is 68.1 Å². The molecule has 0 saturated carbocycles. The summed E-state index contributed by atoms with van der Waals surface area (Å²) in [5.41, 5.74) is -0.687. The molecule has 4 N–H and O–H groups in total. The minimum absolute atomic E-state index is 0. The van der Waals surface area contributed by atoms with Gasteiger partial charge in [0.05, 0.1) is 31.0 Å². The summed E-state index contributed by atoms with van der Waals surface area (Å²) in [5, 5.41) is 24.3. The molecule has 0 saturated heterocycles. The minimum atomic E-state index is -5.13. The van der Waals surface area contributed by atoms with Crippen LogP contribution >= 0.6 is 0 Å². The Labute approximate surface area is 398 Å². The number of unbranched alkanes of at least 4 members (excludes halogenated alkanes) is 3. The fraction of sp³-hybridized carbons (Fsp3) is 0.214. The third-order valence-corrected chi connectivity index (χ3v) is 10.5. The molecule has 0 atom stereocenters. The minimum Gasteiger partial charge on any atom is -0.744 e. The summed E-state index contributed by atoms with van der Waals surface area (Å²) in [4.78, 5) is 21.7. The number of phenols is 2. The van der Waals surface area contributed by atoms with Crippen LogP contribution in [0.3, 0.4) is 0 Å². The number of carbonyl (C=O) groups excluding carboxylic acids is 2. The van der Waals surface area contributed by atoms with E-state index in [1.807, 2.05) is 0 Å². The Hall–Kier alpha value is -0.420. The van der Waals surface area contributed by atoms with Crippen molar-refractivity contribution in [1.82, 2.24) is 0 Å². The van der Waals surface area contributed by atoms with Crippen molar-refractivity contribution in [2.24, 2.45) is 0 Å². The summed E-state index contributed by atoms with van der Waals surface area (Å²) < 4.78 is 139. The number of amides is 2. The molecule has 0 aliphatic carbocycles. The molecule has 0 radical (unpaired) electrons. The molecule has 270 valence electrons. The van der Waals surface area contributed by atoms with E-state index in [4.69, 9.17) is 0 Å². The van der Waals surface area contributed by atoms with Gasteiger partial charge in [0, 0.05) is 23.6 Å². The number of anilines is 2. The number of hydrogen-bond donors (Lipinski definition) is 4. The zero-order chi connectivity index (χ0) is 37.4. The molecule has 54 heavy (non-hydrogen) atoms. The van der Waals surface area contributed by atoms with Gasteiger partial charge in [-0.05, 0) is 72.1 Å². The molecule has 0 aliphatic heterocycles. The van der Waals surface area contributed by atoms with Gasteiger partial charge in [0.2, 0.25) is 11.8 Å². The molecule has 0 heterocycles. The van der Waals surface area contributed by atoms with Crippen LogP contribution in [0.4, 0.5) is 11.4 Å². The maximum atomic E-state index is 12.6. The number of fused-ring (bicyclic) bond motifs is 2. The van der Waals surface area contributed by atoms with E-state index in [0.29, 0.717) is 25.0 Å². The third kappa shape index (κ3) is 14.1. The molecule has 0 bridgehead atoms. The Morgan fingerprint density at radius 3 is 0.981 bits per heavy atom. The first-order chi connectivity index (χ1) is 22.9. The average Bonchev–Trinajstić information content (AvgIpc) is 2.96. The molecule has 18 nitrogen and oxygen atoms in total. The number of phenolic OH excluding ortho intramolecular Hbond substituents is 2. The molecule has 0 unspecified atom stereocenters. The molecule has 26 heteroatoms. The molecule has 4 aromatic carbocycles. The van der Waals surface area contributed by atoms with E-state index in [2.05, 4.69) is 10.6 Å². The Balaban J connectivity index is 0.00000702. The van der Waals surface area contributed by atoms with Crippen molar-refractivity contribution in [3.63, 3.8) is 0 Å². The van der Waals surface area contributed by atoms with Crippen LogP contribution in [0.1, 0.15) is 38.5 Å². The molecule has 0 aliphatic rings. The largest absolute Gasteiger partial charge is 1.00 e. The van der Waals surface area contributed by atoms with Crippen molar-refractivity contribution in [1.29, 1.82) is 0 Å². The standard InChI is InChI=1S/C28H28N2O16S4.4Na/c31-23-13-19(49(41,42)43)9-15-7-17(47(35,36)37)11-21(27(15)23)29-25(33)5-3-1-2-4-6-26(34)30-22-12-18(48(38,39)40)8-16-10-20(50(44,45)46)14-24(32)28(16)22;;;;/h7-14,31-32H,1-6H2,(H,29,33)(H,30,34)(H,35,36,37)(H,38,39,40)(H,41,42,43)(H,44,45,46);;;;/q;4*+1/p-4. The maximum Gasteiger partial charge on any atom is 1.00 e. The SMILES string of the molecule is O=C(CCCCCCC(=O)Nc1cc(S(=O)(=O)[O-])cc2cc(S(=O)(=O)[O-])cc(O)c12)Nc1cc(S(=O)(=O)[O-])cc2cc(S(=O)(=O)[O-])cc(O)c12.[Na+].[Na+].[Na+].[Na+]. The molecule has 0 fully saturated rings. The normalized spacial score (nSPS) is 11.7. The van der Waals surface area contributed by atoms with Crippen molar-refractivity contribution in [2.75, 3.05) is 10.6 Å². The summed E-state index contributed by atoms with van der Waals surface area (Å²) in [6.45, 7) is 0. The van der Waals surface area contributed by atoms with Crippen molar-refractivity contribution < 1.29 is 190 Å². The van der Waals surface area contributed by atoms with Gasteiger partial charge in [-0.1, -0.05) is 12.8 Å². The first kappa shape index (κ1) is 53.6. The second-order valence-corrected chi connectivity index (χ2v) is 16.4. The van der Waals surface area contributed by atoms with Crippen LogP contribution in [0, 0.1) is 0 Å². The summed E-state index contributed by atoms with van der Waals surface area (Å²) in [5.74, 6) is -2.97. The molecule has 4 aromatic rings. The van der Waals surface area contributed by atoms with Gasteiger partial charge >= 0.3 is 118 Å². The van der Waals surface area contributed by atoms with Crippen LogP contribution in [0.2, 0.25) is 0 Å². The summed E-state index contributed by atoms with van der Waals surface area (Å²) in [6, 6.07) is 5.70. The molecule has 4 rings (SSSR count). The smallest absolute Gasteiger partial charge is 0.744 e. The number of carbonyl (C=O) groups is 2. The molecule has 0 spiro atoms. The number of rotatable bonds is 13. The topological polar surface area (TPSA) is 327 Å². The second kappa shape index (κ2) is 21.0. The number of aromatic hydroxyl groups is 2. The van der Waals surface area contributed by atoms with Gasteiger partial charge in [0.25, 0.3) is 0 Å². The van der Waals surface area contributed by atoms with Crippen molar-refractivity contribution in [3.05, 3.63) is 48.5 Å². The Kier molecular flexibility index (Phi) is 20.9. The Morgan fingerprint density at radius 2 is 0.722 bits per heavy atom. The van der Waals surface area contributed by atoms with Crippen LogP contribution in [-0.4, -0.2) is 73.9 Å². The number of nitrogens with one attached hydrogen (secondary N) is 2. The van der Waals surface area contributed by atoms with Gasteiger partial charge in [-0.25, -0.2) is 33.7 Å². The molecule has 2 amide bonds. The fourth-order valence-electron chi connectivity index (χ4n) is 5.00. The van der Waals surface area contributed by atoms with E-state index in [0.717, 1.165) is 36.4 Å². The van der Waals surface area contributed by atoms with Gasteiger partial charge < -0.3 is 39.1 Å².